The summed E-state index contributed by atoms with van der Waals surface area (Å²) in [6.45, 7) is 0. The number of para-hydroxylation sites is 1. The molecule has 1 N–H and O–H groups in total. The van der Waals surface area contributed by atoms with Crippen LogP contribution in [0.2, 0.25) is 5.02 Å². The second kappa shape index (κ2) is 6.71. The fourth-order valence-corrected chi connectivity index (χ4v) is 0.805. The third-order valence-corrected chi connectivity index (χ3v) is 1.37. The number of nitro benzene ring substituents is 1. The fraction of sp³-hybridized carbons (Fsp3) is 0. The van der Waals surface area contributed by atoms with Crippen LogP contribution in [0.25, 0.3) is 0 Å². The summed E-state index contributed by atoms with van der Waals surface area (Å²) in [5.74, 6) is 0. The largest absolute Gasteiger partial charge is 0.287 e. The number of hydrogen-bond acceptors (Lipinski definition) is 3. The van der Waals surface area contributed by atoms with Crippen LogP contribution in [0, 0.1) is 10.1 Å². The molecule has 1 unspecified atom stereocenters. The SMILES string of the molecule is O=[AsH2]O.O=[N+]([O-])c1ccccc1Cl. The Kier molecular flexibility index (Phi) is 6.31. The topological polar surface area (TPSA) is 80.4 Å². The van der Waals surface area contributed by atoms with Crippen molar-refractivity contribution in [3.63, 3.8) is 0 Å². The maximum Gasteiger partial charge on any atom is 0.287 e. The van der Waals surface area contributed by atoms with Crippen LogP contribution in [0.3, 0.4) is 0 Å². The molecule has 72 valence electrons. The maximum atomic E-state index is 10.1. The molecule has 0 aliphatic heterocycles. The Balaban J connectivity index is 0.000000424. The molecule has 1 atom stereocenters. The first-order valence-corrected chi connectivity index (χ1v) is 5.55. The van der Waals surface area contributed by atoms with Crippen molar-refractivity contribution in [3.8, 4) is 0 Å². The second-order valence-electron chi connectivity index (χ2n) is 1.81. The monoisotopic (exact) mass is 267 g/mol. The Morgan fingerprint density at radius 1 is 1.46 bits per heavy atom. The van der Waals surface area contributed by atoms with Gasteiger partial charge in [-0.15, -0.1) is 0 Å². The summed E-state index contributed by atoms with van der Waals surface area (Å²) in [6, 6.07) is 6.07. The molecular formula is C6H7AsClNO4. The smallest absolute Gasteiger partial charge is 0.258 e. The predicted octanol–water partition coefficient (Wildman–Crippen LogP) is 0.656. The van der Waals surface area contributed by atoms with E-state index in [9.17, 15) is 10.1 Å². The van der Waals surface area contributed by atoms with Crippen LogP contribution in [0.4, 0.5) is 5.69 Å². The van der Waals surface area contributed by atoms with Crippen molar-refractivity contribution in [2.75, 3.05) is 0 Å². The zero-order valence-electron chi connectivity index (χ0n) is 6.38. The molecule has 0 saturated carbocycles. The van der Waals surface area contributed by atoms with Gasteiger partial charge in [0.15, 0.2) is 0 Å². The van der Waals surface area contributed by atoms with Crippen molar-refractivity contribution in [1.82, 2.24) is 0 Å². The molecule has 0 spiro atoms. The van der Waals surface area contributed by atoms with Crippen LogP contribution in [0.15, 0.2) is 24.3 Å². The van der Waals surface area contributed by atoms with Gasteiger partial charge in [0.25, 0.3) is 5.69 Å². The van der Waals surface area contributed by atoms with Gasteiger partial charge in [0, 0.05) is 6.07 Å². The third kappa shape index (κ3) is 4.72. The van der Waals surface area contributed by atoms with Crippen LogP contribution >= 0.6 is 11.6 Å². The zero-order valence-corrected chi connectivity index (χ0v) is 9.56. The summed E-state index contributed by atoms with van der Waals surface area (Å²) in [4.78, 5) is 9.63. The number of nitrogens with zero attached hydrogens (tertiary/aromatic N) is 1. The van der Waals surface area contributed by atoms with Gasteiger partial charge in [0.1, 0.15) is 5.02 Å². The van der Waals surface area contributed by atoms with Crippen molar-refractivity contribution < 1.29 is 12.8 Å². The van der Waals surface area contributed by atoms with Gasteiger partial charge in [-0.25, -0.2) is 0 Å². The molecule has 0 bridgehead atoms. The summed E-state index contributed by atoms with van der Waals surface area (Å²) in [7, 11) is 0. The first-order valence-electron chi connectivity index (χ1n) is 3.10. The minimum absolute atomic E-state index is 0.0517. The summed E-state index contributed by atoms with van der Waals surface area (Å²) < 4.78 is 15.8. The van der Waals surface area contributed by atoms with Gasteiger partial charge in [-0.1, -0.05) is 23.7 Å². The maximum absolute atomic E-state index is 10.1. The van der Waals surface area contributed by atoms with E-state index in [-0.39, 0.29) is 10.7 Å². The minimum atomic E-state index is -1.94. The average Bonchev–Trinajstić information content (AvgIpc) is 2.06. The van der Waals surface area contributed by atoms with Gasteiger partial charge >= 0.3 is 23.9 Å². The van der Waals surface area contributed by atoms with E-state index in [4.69, 9.17) is 19.4 Å². The molecule has 0 radical (unpaired) electrons. The van der Waals surface area contributed by atoms with Crippen molar-refractivity contribution in [1.29, 1.82) is 0 Å². The summed E-state index contributed by atoms with van der Waals surface area (Å²) in [6.07, 6.45) is 0. The molecular weight excluding hydrogens is 260 g/mol. The summed E-state index contributed by atoms with van der Waals surface area (Å²) in [5.41, 5.74) is -0.0517. The normalized spacial score (nSPS) is 9.38. The second-order valence-corrected chi connectivity index (χ2v) is 2.66. The van der Waals surface area contributed by atoms with E-state index in [1.165, 1.54) is 12.1 Å². The average molecular weight is 268 g/mol. The quantitative estimate of drug-likeness (QED) is 0.460. The standard InChI is InChI=1S/C6H4ClNO2.AsH3O2/c7-5-3-1-2-4-6(5)8(9)10;2-1-3/h1-4H;1H2,(H,2,3). The van der Waals surface area contributed by atoms with E-state index in [0.29, 0.717) is 0 Å². The Labute approximate surface area is 85.7 Å². The number of nitro groups is 1. The van der Waals surface area contributed by atoms with Gasteiger partial charge in [-0.2, -0.15) is 0 Å². The molecule has 7 heteroatoms. The molecule has 0 aromatic heterocycles. The van der Waals surface area contributed by atoms with Crippen LogP contribution in [-0.4, -0.2) is 25.1 Å². The van der Waals surface area contributed by atoms with Crippen molar-refractivity contribution in [2.45, 2.75) is 0 Å². The van der Waals surface area contributed by atoms with E-state index in [1.807, 2.05) is 0 Å². The third-order valence-electron chi connectivity index (χ3n) is 1.05. The molecule has 1 aromatic rings. The van der Waals surface area contributed by atoms with Gasteiger partial charge in [0.2, 0.25) is 0 Å². The fourth-order valence-electron chi connectivity index (χ4n) is 0.600. The van der Waals surface area contributed by atoms with Gasteiger partial charge in [-0.3, -0.25) is 10.1 Å². The Morgan fingerprint density at radius 2 is 1.92 bits per heavy atom. The number of rotatable bonds is 1. The van der Waals surface area contributed by atoms with E-state index < -0.39 is 21.0 Å². The zero-order chi connectivity index (χ0) is 10.3. The van der Waals surface area contributed by atoms with Gasteiger partial charge in [0.05, 0.1) is 4.92 Å². The number of halogens is 1. The molecule has 1 aromatic carbocycles. The number of hydrogen-bond donors (Lipinski definition) is 1. The van der Waals surface area contributed by atoms with Gasteiger partial charge in [-0.05, 0) is 6.07 Å². The molecule has 13 heavy (non-hydrogen) atoms. The Bertz CT molecular complexity index is 306. The molecule has 1 rings (SSSR count). The van der Waals surface area contributed by atoms with Crippen LogP contribution in [0.5, 0.6) is 0 Å². The van der Waals surface area contributed by atoms with E-state index in [0.717, 1.165) is 0 Å². The van der Waals surface area contributed by atoms with Crippen LogP contribution in [0.1, 0.15) is 0 Å². The van der Waals surface area contributed by atoms with Gasteiger partial charge < -0.3 is 0 Å². The van der Waals surface area contributed by atoms with Crippen molar-refractivity contribution >= 4 is 33.3 Å². The molecule has 0 aliphatic carbocycles. The van der Waals surface area contributed by atoms with E-state index >= 15 is 0 Å². The van der Waals surface area contributed by atoms with Crippen LogP contribution in [-0.2, 0) is 3.74 Å². The molecule has 0 heterocycles. The summed E-state index contributed by atoms with van der Waals surface area (Å²) in [5, 5.41) is 10.3. The predicted molar refractivity (Wildman–Crippen MR) is 49.6 cm³/mol. The van der Waals surface area contributed by atoms with Crippen LogP contribution < -0.4 is 0 Å². The Hall–Kier alpha value is -0.772. The summed E-state index contributed by atoms with van der Waals surface area (Å²) >= 11 is 3.54. The molecule has 0 saturated heterocycles. The minimum Gasteiger partial charge on any atom is -0.258 e. The number of benzene rings is 1. The van der Waals surface area contributed by atoms with E-state index in [1.54, 1.807) is 12.1 Å². The molecule has 5 nitrogen and oxygen atoms in total. The first kappa shape index (κ1) is 12.2. The molecule has 0 amide bonds. The van der Waals surface area contributed by atoms with E-state index in [2.05, 4.69) is 0 Å². The Morgan fingerprint density at radius 3 is 2.23 bits per heavy atom. The molecule has 0 fully saturated rings. The molecule has 0 aliphatic rings. The van der Waals surface area contributed by atoms with Crippen molar-refractivity contribution in [3.05, 3.63) is 39.4 Å². The van der Waals surface area contributed by atoms with Crippen molar-refractivity contribution in [2.24, 2.45) is 0 Å². The first-order chi connectivity index (χ1) is 6.13.